The van der Waals surface area contributed by atoms with Crippen molar-refractivity contribution in [1.29, 1.82) is 0 Å². The quantitative estimate of drug-likeness (QED) is 0.176. The van der Waals surface area contributed by atoms with Gasteiger partial charge in [0.2, 0.25) is 0 Å². The molecule has 0 bridgehead atoms. The number of alkyl halides is 1. The molecule has 0 heterocycles. The van der Waals surface area contributed by atoms with Gasteiger partial charge in [0.05, 0.1) is 0 Å². The highest BCUT2D eigenvalue weighted by Crippen LogP contribution is 1.83. The fourth-order valence-electron chi connectivity index (χ4n) is 0.175. The van der Waals surface area contributed by atoms with E-state index in [1.54, 1.807) is 0 Å². The summed E-state index contributed by atoms with van der Waals surface area (Å²) in [5.41, 5.74) is 7.71. The van der Waals surface area contributed by atoms with E-state index in [1.165, 1.54) is 0 Å². The van der Waals surface area contributed by atoms with Gasteiger partial charge in [-0.15, -0.1) is 11.6 Å². The Balaban J connectivity index is -0.0000000332. The summed E-state index contributed by atoms with van der Waals surface area (Å²) in [7, 11) is 0. The lowest BCUT2D eigenvalue weighted by Gasteiger charge is -1.79. The predicted octanol–water partition coefficient (Wildman–Crippen LogP) is 4.60. The molecule has 14 heavy (non-hydrogen) atoms. The number of hydrogen-bond acceptors (Lipinski definition) is 1. The minimum Gasteiger partial charge on any atom is -0.269 e. The standard InChI is InChI=1S/C3H6ClN3.3F2.FH/c4-2-1-3-6-7-5;3*1-2;/h1-3H2;;;;1H. The molecule has 0 amide bonds. The Morgan fingerprint density at radius 2 is 1.43 bits per heavy atom. The van der Waals surface area contributed by atoms with Crippen LogP contribution in [0.4, 0.5) is 32.1 Å². The van der Waals surface area contributed by atoms with Crippen molar-refractivity contribution >= 4 is 11.6 Å². The molecule has 0 aliphatic carbocycles. The molecular weight excluding hydrogens is 246 g/mol. The molecule has 0 atom stereocenters. The van der Waals surface area contributed by atoms with Crippen LogP contribution in [0.3, 0.4) is 0 Å². The van der Waals surface area contributed by atoms with Crippen molar-refractivity contribution in [2.75, 3.05) is 12.4 Å². The van der Waals surface area contributed by atoms with E-state index in [9.17, 15) is 0 Å². The van der Waals surface area contributed by atoms with Crippen LogP contribution in [0.5, 0.6) is 0 Å². The van der Waals surface area contributed by atoms with Gasteiger partial charge in [-0.2, -0.15) is 0 Å². The molecule has 11 heteroatoms. The first-order valence-corrected chi connectivity index (χ1v) is 2.95. The second-order valence-corrected chi connectivity index (χ2v) is 1.37. The van der Waals surface area contributed by atoms with Gasteiger partial charge >= 0.3 is 0 Å². The molecule has 90 valence electrons. The minimum absolute atomic E-state index is 0. The van der Waals surface area contributed by atoms with Crippen LogP contribution < -0.4 is 0 Å². The summed E-state index contributed by atoms with van der Waals surface area (Å²) in [5, 5.41) is 3.26. The number of nitrogens with zero attached hydrogens (tertiary/aromatic N) is 3. The largest absolute Gasteiger partial charge is 0.269 e. The lowest BCUT2D eigenvalue weighted by Crippen LogP contribution is -1.76. The predicted molar refractivity (Wildman–Crippen MR) is 38.5 cm³/mol. The molecule has 0 aromatic heterocycles. The SMILES string of the molecule is F.FF.FF.FF.[N-]=[N+]=NCCCCl. The minimum atomic E-state index is 0. The molecule has 0 aliphatic heterocycles. The Hall–Kier alpha value is -0.890. The first-order valence-electron chi connectivity index (χ1n) is 2.41. The monoisotopic (exact) mass is 253 g/mol. The summed E-state index contributed by atoms with van der Waals surface area (Å²) in [6.45, 7) is 0.514. The molecule has 0 saturated heterocycles. The van der Waals surface area contributed by atoms with Gasteiger partial charge in [-0.05, 0) is 12.0 Å². The molecular formula is C3H7ClF7N3. The zero-order chi connectivity index (χ0) is 11.5. The number of hydrogen-bond donors (Lipinski definition) is 0. The van der Waals surface area contributed by atoms with Crippen LogP contribution in [0.1, 0.15) is 6.42 Å². The van der Waals surface area contributed by atoms with E-state index in [2.05, 4.69) is 10.0 Å². The molecule has 0 saturated carbocycles. The van der Waals surface area contributed by atoms with Gasteiger partial charge in [-0.1, -0.05) is 5.11 Å². The molecule has 3 nitrogen and oxygen atoms in total. The van der Waals surface area contributed by atoms with Crippen LogP contribution in [0.2, 0.25) is 0 Å². The second kappa shape index (κ2) is 88.5. The van der Waals surface area contributed by atoms with E-state index in [0.29, 0.717) is 12.4 Å². The van der Waals surface area contributed by atoms with Gasteiger partial charge in [0.15, 0.2) is 0 Å². The highest BCUT2D eigenvalue weighted by molar-refractivity contribution is 6.17. The summed E-state index contributed by atoms with van der Waals surface area (Å²) >= 11 is 5.25. The van der Waals surface area contributed by atoms with Crippen molar-refractivity contribution < 1.29 is 32.1 Å². The molecule has 0 radical (unpaired) electrons. The van der Waals surface area contributed by atoms with Gasteiger partial charge in [-0.25, -0.2) is 0 Å². The van der Waals surface area contributed by atoms with Crippen molar-refractivity contribution in [3.05, 3.63) is 10.4 Å². The van der Waals surface area contributed by atoms with Crippen LogP contribution >= 0.6 is 11.6 Å². The molecule has 0 fully saturated rings. The number of azide groups is 1. The summed E-state index contributed by atoms with van der Waals surface area (Å²) in [6, 6.07) is 0. The second-order valence-electron chi connectivity index (χ2n) is 0.997. The Morgan fingerprint density at radius 3 is 1.64 bits per heavy atom. The van der Waals surface area contributed by atoms with Crippen molar-refractivity contribution in [3.8, 4) is 0 Å². The maximum Gasteiger partial charge on any atom is 0.0269 e. The molecule has 0 rings (SSSR count). The Labute approximate surface area is 79.2 Å². The zero-order valence-electron chi connectivity index (χ0n) is 6.52. The van der Waals surface area contributed by atoms with E-state index in [1.807, 2.05) is 0 Å². The highest BCUT2D eigenvalue weighted by Gasteiger charge is 1.75. The van der Waals surface area contributed by atoms with Gasteiger partial charge in [0.1, 0.15) is 0 Å². The average Bonchev–Trinajstić information content (AvgIpc) is 2.27. The van der Waals surface area contributed by atoms with Crippen molar-refractivity contribution in [2.24, 2.45) is 5.11 Å². The molecule has 0 aromatic rings. The Bertz CT molecular complexity index is 90.2. The molecule has 0 unspecified atom stereocenters. The summed E-state index contributed by atoms with van der Waals surface area (Å²) in [4.78, 5) is 2.54. The lowest BCUT2D eigenvalue weighted by molar-refractivity contribution is 0.108. The van der Waals surface area contributed by atoms with E-state index in [4.69, 9.17) is 44.6 Å². The lowest BCUT2D eigenvalue weighted by atomic mass is 10.5. The maximum absolute atomic E-state index is 8.00. The summed E-state index contributed by atoms with van der Waals surface area (Å²) in [5.74, 6) is 0.568. The zero-order valence-corrected chi connectivity index (χ0v) is 7.27. The summed E-state index contributed by atoms with van der Waals surface area (Å²) in [6.07, 6.45) is 0.769. The first kappa shape index (κ1) is 29.2. The van der Waals surface area contributed by atoms with Crippen LogP contribution in [0.25, 0.3) is 10.4 Å². The third kappa shape index (κ3) is 117. The Morgan fingerprint density at radius 1 is 1.07 bits per heavy atom. The van der Waals surface area contributed by atoms with Crippen molar-refractivity contribution in [2.45, 2.75) is 6.42 Å². The van der Waals surface area contributed by atoms with E-state index >= 15 is 0 Å². The van der Waals surface area contributed by atoms with Crippen LogP contribution in [-0.4, -0.2) is 12.4 Å². The van der Waals surface area contributed by atoms with Crippen molar-refractivity contribution in [3.63, 3.8) is 0 Å². The van der Waals surface area contributed by atoms with Crippen molar-refractivity contribution in [1.82, 2.24) is 0 Å². The normalized spacial score (nSPS) is 5.07. The third-order valence-electron chi connectivity index (χ3n) is 0.455. The highest BCUT2D eigenvalue weighted by atomic mass is 35.5. The fourth-order valence-corrected chi connectivity index (χ4v) is 0.295. The smallest absolute Gasteiger partial charge is 0.0269 e. The van der Waals surface area contributed by atoms with E-state index < -0.39 is 0 Å². The van der Waals surface area contributed by atoms with E-state index in [0.717, 1.165) is 6.42 Å². The summed E-state index contributed by atoms with van der Waals surface area (Å²) < 4.78 is 48.0. The number of rotatable bonds is 3. The van der Waals surface area contributed by atoms with Gasteiger partial charge in [0, 0.05) is 44.8 Å². The average molecular weight is 254 g/mol. The first-order chi connectivity index (χ1) is 6.41. The maximum atomic E-state index is 8.00. The van der Waals surface area contributed by atoms with Gasteiger partial charge in [-0.3, -0.25) is 4.70 Å². The molecule has 0 aromatic carbocycles. The Kier molecular flexibility index (Phi) is 185. The molecule has 0 N–H and O–H groups in total. The number of halogens is 8. The van der Waals surface area contributed by atoms with Crippen LogP contribution in [0.15, 0.2) is 5.11 Å². The molecule has 0 aliphatic rings. The van der Waals surface area contributed by atoms with Crippen LogP contribution in [-0.2, 0) is 0 Å². The van der Waals surface area contributed by atoms with Gasteiger partial charge in [0.25, 0.3) is 0 Å². The fraction of sp³-hybridized carbons (Fsp3) is 1.00. The van der Waals surface area contributed by atoms with Crippen LogP contribution in [0, 0.1) is 0 Å². The van der Waals surface area contributed by atoms with Gasteiger partial charge < -0.3 is 0 Å². The van der Waals surface area contributed by atoms with E-state index in [-0.39, 0.29) is 4.70 Å². The topological polar surface area (TPSA) is 48.8 Å². The third-order valence-corrected chi connectivity index (χ3v) is 0.722. The molecule has 0 spiro atoms.